The first-order chi connectivity index (χ1) is 24.2. The minimum atomic E-state index is -3.09. The van der Waals surface area contributed by atoms with Gasteiger partial charge >= 0.3 is 6.61 Å². The average Bonchev–Trinajstić information content (AvgIpc) is 3.70. The number of carbonyl (C=O) groups is 3. The summed E-state index contributed by atoms with van der Waals surface area (Å²) in [6.45, 7) is 6.84. The number of thioether (sulfide) groups is 1. The standard InChI is InChI=1S/C34H41F2N9O4S/c1-23(2)50-25-4-5-29(49-34(35)36)26(18-25)31-28(39-33(48)27-19-38-45-9-3-8-37-32(27)45)21-44(40-31)22-30(47)43-14-12-42(13-15-43)20-24-6-10-41(11-7-24)16-17-46/h3-5,8-9,17-19,21,23-24,34H,6-7,10-16,20,22H2,1-2H3,(H,39,48). The van der Waals surface area contributed by atoms with Crippen LogP contribution in [0.3, 0.4) is 0 Å². The number of aldehydes is 1. The van der Waals surface area contributed by atoms with E-state index in [4.69, 9.17) is 4.74 Å². The second-order valence-electron chi connectivity index (χ2n) is 12.8. The van der Waals surface area contributed by atoms with E-state index in [1.807, 2.05) is 13.8 Å². The number of hydrogen-bond acceptors (Lipinski definition) is 10. The number of hydrogen-bond donors (Lipinski definition) is 1. The second kappa shape index (κ2) is 16.1. The first-order valence-electron chi connectivity index (χ1n) is 16.8. The Morgan fingerprint density at radius 2 is 1.88 bits per heavy atom. The fraction of sp³-hybridized carbons (Fsp3) is 0.471. The lowest BCUT2D eigenvalue weighted by Gasteiger charge is -2.38. The number of likely N-dealkylation sites (tertiary alicyclic amines) is 1. The number of fused-ring (bicyclic) bond motifs is 1. The monoisotopic (exact) mass is 709 g/mol. The Morgan fingerprint density at radius 1 is 1.10 bits per heavy atom. The SMILES string of the molecule is CC(C)Sc1ccc(OC(F)F)c(-c2nn(CC(=O)N3CCN(CC4CCN(CC=O)CC4)CC3)cc2NC(=O)c2cnn3cccnc23)c1. The normalized spacial score (nSPS) is 16.4. The van der Waals surface area contributed by atoms with Crippen LogP contribution in [0.15, 0.2) is 53.9 Å². The van der Waals surface area contributed by atoms with E-state index >= 15 is 0 Å². The van der Waals surface area contributed by atoms with Crippen LogP contribution < -0.4 is 10.1 Å². The summed E-state index contributed by atoms with van der Waals surface area (Å²) < 4.78 is 34.9. The Bertz CT molecular complexity index is 1800. The Morgan fingerprint density at radius 3 is 2.60 bits per heavy atom. The van der Waals surface area contributed by atoms with Gasteiger partial charge < -0.3 is 19.7 Å². The number of piperidine rings is 1. The lowest BCUT2D eigenvalue weighted by atomic mass is 9.96. The van der Waals surface area contributed by atoms with Crippen molar-refractivity contribution in [3.8, 4) is 17.0 Å². The van der Waals surface area contributed by atoms with Crippen molar-refractivity contribution in [3.63, 3.8) is 0 Å². The van der Waals surface area contributed by atoms with E-state index in [1.165, 1.54) is 39.4 Å². The number of ether oxygens (including phenoxy) is 1. The van der Waals surface area contributed by atoms with Crippen molar-refractivity contribution < 1.29 is 27.9 Å². The minimum Gasteiger partial charge on any atom is -0.434 e. The van der Waals surface area contributed by atoms with Gasteiger partial charge in [0.1, 0.15) is 29.8 Å². The van der Waals surface area contributed by atoms with Crippen LogP contribution in [0.25, 0.3) is 16.9 Å². The quantitative estimate of drug-likeness (QED) is 0.161. The Balaban J connectivity index is 1.20. The van der Waals surface area contributed by atoms with E-state index < -0.39 is 12.5 Å². The van der Waals surface area contributed by atoms with Crippen molar-refractivity contribution in [1.29, 1.82) is 0 Å². The molecular formula is C34H41F2N9O4S. The molecule has 50 heavy (non-hydrogen) atoms. The molecule has 0 spiro atoms. The topological polar surface area (TPSA) is 130 Å². The van der Waals surface area contributed by atoms with Crippen LogP contribution in [0.5, 0.6) is 5.75 Å². The van der Waals surface area contributed by atoms with Crippen molar-refractivity contribution in [2.45, 2.75) is 50.0 Å². The maximum Gasteiger partial charge on any atom is 0.387 e. The van der Waals surface area contributed by atoms with Crippen LogP contribution in [0.2, 0.25) is 0 Å². The molecule has 2 aliphatic heterocycles. The maximum absolute atomic E-state index is 13.6. The summed E-state index contributed by atoms with van der Waals surface area (Å²) >= 11 is 1.54. The number of carbonyl (C=O) groups excluding carboxylic acids is 3. The van der Waals surface area contributed by atoms with E-state index in [9.17, 15) is 23.2 Å². The van der Waals surface area contributed by atoms with E-state index in [2.05, 4.69) is 30.3 Å². The molecule has 5 heterocycles. The molecule has 266 valence electrons. The Kier molecular flexibility index (Phi) is 11.4. The molecule has 2 aliphatic rings. The summed E-state index contributed by atoms with van der Waals surface area (Å²) in [4.78, 5) is 49.4. The van der Waals surface area contributed by atoms with Gasteiger partial charge in [0.05, 0.1) is 18.4 Å². The molecule has 0 radical (unpaired) electrons. The summed E-state index contributed by atoms with van der Waals surface area (Å²) in [5.74, 6) is -0.202. The van der Waals surface area contributed by atoms with Crippen molar-refractivity contribution in [1.82, 2.24) is 39.1 Å². The molecule has 0 atom stereocenters. The molecule has 4 aromatic rings. The number of benzene rings is 1. The highest BCUT2D eigenvalue weighted by atomic mass is 32.2. The Labute approximate surface area is 292 Å². The van der Waals surface area contributed by atoms with Crippen molar-refractivity contribution in [3.05, 3.63) is 54.6 Å². The zero-order chi connectivity index (χ0) is 35.2. The summed E-state index contributed by atoms with van der Waals surface area (Å²) in [6, 6.07) is 6.56. The molecule has 13 nitrogen and oxygen atoms in total. The number of halogens is 2. The number of piperazine rings is 1. The zero-order valence-corrected chi connectivity index (χ0v) is 28.9. The zero-order valence-electron chi connectivity index (χ0n) is 28.1. The van der Waals surface area contributed by atoms with Gasteiger partial charge in [0.15, 0.2) is 5.65 Å². The summed E-state index contributed by atoms with van der Waals surface area (Å²) in [6.07, 6.45) is 9.23. The summed E-state index contributed by atoms with van der Waals surface area (Å²) in [5, 5.41) is 11.9. The fourth-order valence-corrected chi connectivity index (χ4v) is 7.33. The first kappa shape index (κ1) is 35.4. The van der Waals surface area contributed by atoms with Crippen LogP contribution in [0.1, 0.15) is 37.0 Å². The molecule has 2 saturated heterocycles. The third kappa shape index (κ3) is 8.65. The number of aromatic nitrogens is 5. The molecule has 3 aromatic heterocycles. The van der Waals surface area contributed by atoms with E-state index in [0.29, 0.717) is 31.2 Å². The lowest BCUT2D eigenvalue weighted by Crippen LogP contribution is -2.51. The van der Waals surface area contributed by atoms with Crippen molar-refractivity contribution in [2.24, 2.45) is 5.92 Å². The molecule has 0 unspecified atom stereocenters. The number of rotatable bonds is 13. The molecular weight excluding hydrogens is 668 g/mol. The average molecular weight is 710 g/mol. The largest absolute Gasteiger partial charge is 0.434 e. The number of alkyl halides is 2. The number of nitrogens with one attached hydrogen (secondary N) is 1. The van der Waals surface area contributed by atoms with Gasteiger partial charge in [-0.2, -0.15) is 19.0 Å². The van der Waals surface area contributed by atoms with Crippen LogP contribution in [0.4, 0.5) is 14.5 Å². The molecule has 6 rings (SSSR count). The number of anilines is 1. The van der Waals surface area contributed by atoms with Crippen LogP contribution in [-0.4, -0.2) is 121 Å². The van der Waals surface area contributed by atoms with E-state index in [1.54, 1.807) is 35.5 Å². The van der Waals surface area contributed by atoms with E-state index in [0.717, 1.165) is 56.7 Å². The van der Waals surface area contributed by atoms with Gasteiger partial charge in [0, 0.05) is 67.0 Å². The highest BCUT2D eigenvalue weighted by Crippen LogP contribution is 2.39. The number of nitrogens with zero attached hydrogens (tertiary/aromatic N) is 8. The van der Waals surface area contributed by atoms with Crippen LogP contribution >= 0.6 is 11.8 Å². The van der Waals surface area contributed by atoms with Crippen molar-refractivity contribution in [2.75, 3.05) is 57.7 Å². The molecule has 2 fully saturated rings. The smallest absolute Gasteiger partial charge is 0.387 e. The van der Waals surface area contributed by atoms with Gasteiger partial charge in [-0.3, -0.25) is 24.1 Å². The van der Waals surface area contributed by atoms with Gasteiger partial charge in [-0.25, -0.2) is 9.50 Å². The molecule has 0 saturated carbocycles. The third-order valence-electron chi connectivity index (χ3n) is 8.91. The van der Waals surface area contributed by atoms with Gasteiger partial charge in [-0.15, -0.1) is 11.8 Å². The van der Waals surface area contributed by atoms with Gasteiger partial charge in [-0.1, -0.05) is 13.8 Å². The molecule has 2 amide bonds. The van der Waals surface area contributed by atoms with Crippen LogP contribution in [0, 0.1) is 5.92 Å². The Hall–Kier alpha value is -4.41. The highest BCUT2D eigenvalue weighted by molar-refractivity contribution is 7.99. The van der Waals surface area contributed by atoms with Gasteiger partial charge in [-0.05, 0) is 56.1 Å². The molecule has 0 aliphatic carbocycles. The maximum atomic E-state index is 13.6. The van der Waals surface area contributed by atoms with Crippen LogP contribution in [-0.2, 0) is 16.1 Å². The number of amides is 2. The third-order valence-corrected chi connectivity index (χ3v) is 9.90. The minimum absolute atomic E-state index is 0.108. The molecule has 16 heteroatoms. The first-order valence-corrected chi connectivity index (χ1v) is 17.6. The fourth-order valence-electron chi connectivity index (χ4n) is 6.45. The molecule has 0 bridgehead atoms. The highest BCUT2D eigenvalue weighted by Gasteiger charge is 2.27. The van der Waals surface area contributed by atoms with Gasteiger partial charge in [0.2, 0.25) is 5.91 Å². The predicted molar refractivity (Wildman–Crippen MR) is 184 cm³/mol. The summed E-state index contributed by atoms with van der Waals surface area (Å²) in [5.41, 5.74) is 1.20. The molecule has 1 N–H and O–H groups in total. The predicted octanol–water partition coefficient (Wildman–Crippen LogP) is 4.00. The van der Waals surface area contributed by atoms with Gasteiger partial charge in [0.25, 0.3) is 5.91 Å². The molecule has 1 aromatic carbocycles. The second-order valence-corrected chi connectivity index (χ2v) is 14.4. The van der Waals surface area contributed by atoms with E-state index in [-0.39, 0.29) is 46.0 Å². The summed E-state index contributed by atoms with van der Waals surface area (Å²) in [7, 11) is 0. The lowest BCUT2D eigenvalue weighted by molar-refractivity contribution is -0.133. The van der Waals surface area contributed by atoms with Crippen molar-refractivity contribution >= 4 is 41.2 Å².